The molecule has 2 nitrogen and oxygen atoms in total. The van der Waals surface area contributed by atoms with Gasteiger partial charge in [0.05, 0.1) is 11.1 Å². The molecular weight excluding hydrogens is 229 g/mol. The molecule has 1 aromatic rings. The molecule has 1 aliphatic rings. The number of nitrogens with one attached hydrogen (secondary N) is 1. The first-order valence-electron chi connectivity index (χ1n) is 5.52. The van der Waals surface area contributed by atoms with Crippen LogP contribution in [0.3, 0.4) is 0 Å². The van der Waals surface area contributed by atoms with Gasteiger partial charge in [-0.1, -0.05) is 11.6 Å². The Bertz CT molecular complexity index is 366. The molecule has 0 heterocycles. The van der Waals surface area contributed by atoms with Crippen LogP contribution in [0.25, 0.3) is 0 Å². The molecule has 0 saturated heterocycles. The van der Waals surface area contributed by atoms with Crippen molar-refractivity contribution in [3.63, 3.8) is 0 Å². The molecule has 0 aliphatic heterocycles. The standard InChI is InChI=1S/C12H15ClFNO/c1-2-16-10-5-9(6-10)15-8-3-4-11(13)12(14)7-8/h3-4,7,9-10,15H,2,5-6H2,1H3. The number of rotatable bonds is 4. The Labute approximate surface area is 99.7 Å². The number of hydrogen-bond donors (Lipinski definition) is 1. The van der Waals surface area contributed by atoms with Crippen molar-refractivity contribution < 1.29 is 9.13 Å². The van der Waals surface area contributed by atoms with Crippen LogP contribution in [0.5, 0.6) is 0 Å². The molecule has 0 radical (unpaired) electrons. The van der Waals surface area contributed by atoms with Crippen molar-refractivity contribution in [3.05, 3.63) is 29.0 Å². The monoisotopic (exact) mass is 243 g/mol. The first-order chi connectivity index (χ1) is 7.69. The highest BCUT2D eigenvalue weighted by atomic mass is 35.5. The highest BCUT2D eigenvalue weighted by Gasteiger charge is 2.29. The van der Waals surface area contributed by atoms with Crippen molar-refractivity contribution in [2.24, 2.45) is 0 Å². The van der Waals surface area contributed by atoms with E-state index in [9.17, 15) is 4.39 Å². The molecule has 0 unspecified atom stereocenters. The second-order valence-corrected chi connectivity index (χ2v) is 4.43. The maximum absolute atomic E-state index is 13.2. The lowest BCUT2D eigenvalue weighted by atomic mass is 9.89. The third kappa shape index (κ3) is 2.66. The summed E-state index contributed by atoms with van der Waals surface area (Å²) < 4.78 is 18.6. The van der Waals surface area contributed by atoms with Gasteiger partial charge in [0.2, 0.25) is 0 Å². The summed E-state index contributed by atoms with van der Waals surface area (Å²) >= 11 is 5.61. The first-order valence-corrected chi connectivity index (χ1v) is 5.90. The van der Waals surface area contributed by atoms with Crippen molar-refractivity contribution in [3.8, 4) is 0 Å². The van der Waals surface area contributed by atoms with Gasteiger partial charge < -0.3 is 10.1 Å². The lowest BCUT2D eigenvalue weighted by Gasteiger charge is -2.36. The molecule has 1 aliphatic carbocycles. The Hall–Kier alpha value is -0.800. The lowest BCUT2D eigenvalue weighted by Crippen LogP contribution is -2.40. The molecule has 4 heteroatoms. The van der Waals surface area contributed by atoms with Gasteiger partial charge in [-0.2, -0.15) is 0 Å². The van der Waals surface area contributed by atoms with Crippen molar-refractivity contribution in [2.45, 2.75) is 31.9 Å². The maximum Gasteiger partial charge on any atom is 0.143 e. The summed E-state index contributed by atoms with van der Waals surface area (Å²) in [6, 6.07) is 5.17. The summed E-state index contributed by atoms with van der Waals surface area (Å²) in [5.41, 5.74) is 0.779. The van der Waals surface area contributed by atoms with Crippen LogP contribution in [0, 0.1) is 5.82 Å². The predicted octanol–water partition coefficient (Wildman–Crippen LogP) is 3.46. The fourth-order valence-electron chi connectivity index (χ4n) is 1.88. The second-order valence-electron chi connectivity index (χ2n) is 4.02. The molecule has 0 atom stereocenters. The largest absolute Gasteiger partial charge is 0.382 e. The Balaban J connectivity index is 1.84. The zero-order valence-corrected chi connectivity index (χ0v) is 9.93. The fraction of sp³-hybridized carbons (Fsp3) is 0.500. The predicted molar refractivity (Wildman–Crippen MR) is 63.5 cm³/mol. The fourth-order valence-corrected chi connectivity index (χ4v) is 1.99. The van der Waals surface area contributed by atoms with Gasteiger partial charge in [0, 0.05) is 18.3 Å². The summed E-state index contributed by atoms with van der Waals surface area (Å²) in [5.74, 6) is -0.382. The van der Waals surface area contributed by atoms with Crippen LogP contribution in [0.2, 0.25) is 5.02 Å². The van der Waals surface area contributed by atoms with Gasteiger partial charge in [-0.15, -0.1) is 0 Å². The summed E-state index contributed by atoms with van der Waals surface area (Å²) in [5, 5.41) is 3.41. The second kappa shape index (κ2) is 5.02. The van der Waals surface area contributed by atoms with Crippen LogP contribution in [-0.4, -0.2) is 18.8 Å². The first kappa shape index (κ1) is 11.7. The SMILES string of the molecule is CCOC1CC(Nc2ccc(Cl)c(F)c2)C1. The van der Waals surface area contributed by atoms with E-state index < -0.39 is 0 Å². The quantitative estimate of drug-likeness (QED) is 0.875. The molecule has 88 valence electrons. The van der Waals surface area contributed by atoms with E-state index in [1.807, 2.05) is 6.92 Å². The lowest BCUT2D eigenvalue weighted by molar-refractivity contribution is 0.00299. The van der Waals surface area contributed by atoms with Crippen LogP contribution in [0.4, 0.5) is 10.1 Å². The van der Waals surface area contributed by atoms with Gasteiger partial charge in [0.25, 0.3) is 0 Å². The molecule has 1 aromatic carbocycles. The minimum Gasteiger partial charge on any atom is -0.382 e. The van der Waals surface area contributed by atoms with E-state index in [1.165, 1.54) is 6.07 Å². The van der Waals surface area contributed by atoms with Gasteiger partial charge in [-0.25, -0.2) is 4.39 Å². The zero-order chi connectivity index (χ0) is 11.5. The molecule has 16 heavy (non-hydrogen) atoms. The number of ether oxygens (including phenoxy) is 1. The molecule has 0 aromatic heterocycles. The minimum absolute atomic E-state index is 0.159. The number of anilines is 1. The normalized spacial score (nSPS) is 23.9. The van der Waals surface area contributed by atoms with E-state index in [0.29, 0.717) is 12.1 Å². The smallest absolute Gasteiger partial charge is 0.143 e. The van der Waals surface area contributed by atoms with Crippen molar-refractivity contribution in [1.82, 2.24) is 0 Å². The number of benzene rings is 1. The highest BCUT2D eigenvalue weighted by molar-refractivity contribution is 6.30. The molecule has 2 rings (SSSR count). The molecular formula is C12H15ClFNO. The average molecular weight is 244 g/mol. The van der Waals surface area contributed by atoms with Gasteiger partial charge >= 0.3 is 0 Å². The third-order valence-electron chi connectivity index (χ3n) is 2.79. The average Bonchev–Trinajstić information content (AvgIpc) is 2.20. The van der Waals surface area contributed by atoms with E-state index in [0.717, 1.165) is 25.1 Å². The van der Waals surface area contributed by atoms with E-state index in [2.05, 4.69) is 5.32 Å². The van der Waals surface area contributed by atoms with Crippen LogP contribution in [-0.2, 0) is 4.74 Å². The summed E-state index contributed by atoms with van der Waals surface area (Å²) in [7, 11) is 0. The zero-order valence-electron chi connectivity index (χ0n) is 9.17. The van der Waals surface area contributed by atoms with Crippen LogP contribution in [0.15, 0.2) is 18.2 Å². The molecule has 0 amide bonds. The van der Waals surface area contributed by atoms with Crippen LogP contribution in [0.1, 0.15) is 19.8 Å². The van der Waals surface area contributed by atoms with E-state index in [1.54, 1.807) is 12.1 Å². The Kier molecular flexibility index (Phi) is 3.66. The van der Waals surface area contributed by atoms with Crippen molar-refractivity contribution in [2.75, 3.05) is 11.9 Å². The third-order valence-corrected chi connectivity index (χ3v) is 3.09. The molecule has 1 fully saturated rings. The summed E-state index contributed by atoms with van der Waals surface area (Å²) in [6.07, 6.45) is 2.33. The molecule has 1 N–H and O–H groups in total. The Morgan fingerprint density at radius 2 is 2.25 bits per heavy atom. The molecule has 1 saturated carbocycles. The number of hydrogen-bond acceptors (Lipinski definition) is 2. The van der Waals surface area contributed by atoms with E-state index in [4.69, 9.17) is 16.3 Å². The van der Waals surface area contributed by atoms with Gasteiger partial charge in [-0.3, -0.25) is 0 Å². The molecule has 0 bridgehead atoms. The van der Waals surface area contributed by atoms with Gasteiger partial charge in [0.15, 0.2) is 0 Å². The number of halogens is 2. The molecule has 0 spiro atoms. The van der Waals surface area contributed by atoms with Crippen molar-refractivity contribution in [1.29, 1.82) is 0 Å². The van der Waals surface area contributed by atoms with E-state index >= 15 is 0 Å². The van der Waals surface area contributed by atoms with Gasteiger partial charge in [-0.05, 0) is 38.0 Å². The Morgan fingerprint density at radius 1 is 1.50 bits per heavy atom. The minimum atomic E-state index is -0.382. The highest BCUT2D eigenvalue weighted by Crippen LogP contribution is 2.28. The Morgan fingerprint density at radius 3 is 2.88 bits per heavy atom. The summed E-state index contributed by atoms with van der Waals surface area (Å²) in [6.45, 7) is 2.75. The maximum atomic E-state index is 13.2. The topological polar surface area (TPSA) is 21.3 Å². The van der Waals surface area contributed by atoms with Crippen LogP contribution >= 0.6 is 11.6 Å². The van der Waals surface area contributed by atoms with Gasteiger partial charge in [0.1, 0.15) is 5.82 Å². The summed E-state index contributed by atoms with van der Waals surface area (Å²) in [4.78, 5) is 0. The van der Waals surface area contributed by atoms with Crippen molar-refractivity contribution >= 4 is 17.3 Å². The van der Waals surface area contributed by atoms with Crippen LogP contribution < -0.4 is 5.32 Å². The van der Waals surface area contributed by atoms with E-state index in [-0.39, 0.29) is 10.8 Å².